The number of aromatic nitrogens is 1. The molecule has 6 heteroatoms. The van der Waals surface area contributed by atoms with E-state index in [0.29, 0.717) is 24.3 Å². The molecule has 2 fully saturated rings. The minimum Gasteiger partial charge on any atom is -0.370 e. The van der Waals surface area contributed by atoms with Crippen LogP contribution in [0.4, 0.5) is 11.5 Å². The average molecular weight is 331 g/mol. The van der Waals surface area contributed by atoms with Gasteiger partial charge in [0.2, 0.25) is 5.91 Å². The largest absolute Gasteiger partial charge is 0.370 e. The van der Waals surface area contributed by atoms with Gasteiger partial charge in [0.25, 0.3) is 0 Å². The molecule has 2 aliphatic rings. The van der Waals surface area contributed by atoms with Crippen LogP contribution in [0.5, 0.6) is 0 Å². The number of anilines is 2. The normalized spacial score (nSPS) is 22.1. The lowest BCUT2D eigenvalue weighted by molar-refractivity contribution is -0.116. The molecule has 6 nitrogen and oxygen atoms in total. The van der Waals surface area contributed by atoms with Gasteiger partial charge in [0, 0.05) is 31.6 Å². The number of amides is 1. The van der Waals surface area contributed by atoms with E-state index in [0.717, 1.165) is 38.2 Å². The lowest BCUT2D eigenvalue weighted by atomic mass is 10.0. The number of nitrogens with zero attached hydrogens (tertiary/aromatic N) is 3. The molecule has 1 unspecified atom stereocenters. The van der Waals surface area contributed by atoms with Crippen LogP contribution in [0.25, 0.3) is 0 Å². The van der Waals surface area contributed by atoms with Crippen LogP contribution in [0.2, 0.25) is 0 Å². The Morgan fingerprint density at radius 3 is 2.71 bits per heavy atom. The Labute approximate surface area is 144 Å². The Bertz CT molecular complexity index is 531. The third kappa shape index (κ3) is 4.45. The fourth-order valence-electron chi connectivity index (χ4n) is 3.64. The molecule has 0 spiro atoms. The molecule has 24 heavy (non-hydrogen) atoms. The summed E-state index contributed by atoms with van der Waals surface area (Å²) in [6, 6.07) is 4.97. The van der Waals surface area contributed by atoms with Crippen LogP contribution in [-0.2, 0) is 4.79 Å². The van der Waals surface area contributed by atoms with Gasteiger partial charge in [-0.25, -0.2) is 4.98 Å². The summed E-state index contributed by atoms with van der Waals surface area (Å²) in [5, 5.41) is 6.25. The lowest BCUT2D eigenvalue weighted by Gasteiger charge is -2.36. The SMILES string of the molecule is CN(C)C1CCN(c2ccc(NC(=O)CC3CCCN3)nc2)CC1. The summed E-state index contributed by atoms with van der Waals surface area (Å²) >= 11 is 0. The van der Waals surface area contributed by atoms with Crippen molar-refractivity contribution in [3.05, 3.63) is 18.3 Å². The van der Waals surface area contributed by atoms with Crippen LogP contribution in [0, 0.1) is 0 Å². The number of nitrogens with one attached hydrogen (secondary N) is 2. The van der Waals surface area contributed by atoms with Gasteiger partial charge in [0.1, 0.15) is 5.82 Å². The molecule has 2 N–H and O–H groups in total. The maximum absolute atomic E-state index is 12.0. The van der Waals surface area contributed by atoms with Gasteiger partial charge in [0.05, 0.1) is 11.9 Å². The highest BCUT2D eigenvalue weighted by Gasteiger charge is 2.21. The van der Waals surface area contributed by atoms with Crippen LogP contribution < -0.4 is 15.5 Å². The van der Waals surface area contributed by atoms with Gasteiger partial charge in [-0.1, -0.05) is 0 Å². The first-order valence-corrected chi connectivity index (χ1v) is 9.02. The Kier molecular flexibility index (Phi) is 5.68. The van der Waals surface area contributed by atoms with E-state index in [2.05, 4.69) is 45.6 Å². The third-order valence-corrected chi connectivity index (χ3v) is 5.17. The second kappa shape index (κ2) is 7.94. The van der Waals surface area contributed by atoms with Crippen molar-refractivity contribution in [2.45, 2.75) is 44.2 Å². The van der Waals surface area contributed by atoms with Gasteiger partial charge in [0.15, 0.2) is 0 Å². The van der Waals surface area contributed by atoms with Crippen molar-refractivity contribution < 1.29 is 4.79 Å². The number of carbonyl (C=O) groups excluding carboxylic acids is 1. The van der Waals surface area contributed by atoms with Gasteiger partial charge in [-0.15, -0.1) is 0 Å². The molecule has 2 saturated heterocycles. The molecular formula is C18H29N5O. The predicted molar refractivity (Wildman–Crippen MR) is 97.4 cm³/mol. The summed E-state index contributed by atoms with van der Waals surface area (Å²) in [5.41, 5.74) is 1.14. The summed E-state index contributed by atoms with van der Waals surface area (Å²) in [6.45, 7) is 3.14. The van der Waals surface area contributed by atoms with Crippen molar-refractivity contribution in [1.29, 1.82) is 0 Å². The monoisotopic (exact) mass is 331 g/mol. The van der Waals surface area contributed by atoms with Crippen LogP contribution in [0.3, 0.4) is 0 Å². The molecule has 0 aromatic carbocycles. The zero-order valence-corrected chi connectivity index (χ0v) is 14.8. The molecule has 3 rings (SSSR count). The van der Waals surface area contributed by atoms with Gasteiger partial charge >= 0.3 is 0 Å². The lowest BCUT2D eigenvalue weighted by Crippen LogP contribution is -2.42. The molecule has 0 aliphatic carbocycles. The minimum absolute atomic E-state index is 0.0430. The highest BCUT2D eigenvalue weighted by Crippen LogP contribution is 2.22. The number of rotatable bonds is 5. The second-order valence-corrected chi connectivity index (χ2v) is 7.13. The summed E-state index contributed by atoms with van der Waals surface area (Å²) in [7, 11) is 4.31. The fraction of sp³-hybridized carbons (Fsp3) is 0.667. The first kappa shape index (κ1) is 17.2. The summed E-state index contributed by atoms with van der Waals surface area (Å²) in [4.78, 5) is 21.2. The molecular weight excluding hydrogens is 302 g/mol. The maximum atomic E-state index is 12.0. The molecule has 3 heterocycles. The molecule has 2 aliphatic heterocycles. The summed E-state index contributed by atoms with van der Waals surface area (Å²) < 4.78 is 0. The van der Waals surface area contributed by atoms with Crippen LogP contribution >= 0.6 is 0 Å². The number of piperidine rings is 1. The number of hydrogen-bond donors (Lipinski definition) is 2. The standard InChI is InChI=1S/C18H29N5O/c1-22(2)15-7-10-23(11-8-15)16-5-6-17(20-13-16)21-18(24)12-14-4-3-9-19-14/h5-6,13-15,19H,3-4,7-12H2,1-2H3,(H,20,21,24). The molecule has 0 radical (unpaired) electrons. The molecule has 1 amide bonds. The van der Waals surface area contributed by atoms with E-state index in [1.54, 1.807) is 0 Å². The van der Waals surface area contributed by atoms with E-state index in [1.807, 2.05) is 12.3 Å². The van der Waals surface area contributed by atoms with Crippen molar-refractivity contribution in [3.8, 4) is 0 Å². The number of carbonyl (C=O) groups is 1. The molecule has 1 aromatic rings. The van der Waals surface area contributed by atoms with E-state index in [4.69, 9.17) is 0 Å². The zero-order valence-electron chi connectivity index (χ0n) is 14.8. The van der Waals surface area contributed by atoms with E-state index in [-0.39, 0.29) is 5.91 Å². The van der Waals surface area contributed by atoms with Crippen LogP contribution in [0.15, 0.2) is 18.3 Å². The van der Waals surface area contributed by atoms with Gasteiger partial charge in [-0.3, -0.25) is 4.79 Å². The van der Waals surface area contributed by atoms with Gasteiger partial charge in [-0.2, -0.15) is 0 Å². The molecule has 0 bridgehead atoms. The Morgan fingerprint density at radius 1 is 1.33 bits per heavy atom. The van der Waals surface area contributed by atoms with E-state index in [9.17, 15) is 4.79 Å². The maximum Gasteiger partial charge on any atom is 0.227 e. The number of hydrogen-bond acceptors (Lipinski definition) is 5. The van der Waals surface area contributed by atoms with E-state index >= 15 is 0 Å². The fourth-order valence-corrected chi connectivity index (χ4v) is 3.64. The van der Waals surface area contributed by atoms with Crippen molar-refractivity contribution in [3.63, 3.8) is 0 Å². The quantitative estimate of drug-likeness (QED) is 0.860. The van der Waals surface area contributed by atoms with Crippen molar-refractivity contribution >= 4 is 17.4 Å². The van der Waals surface area contributed by atoms with Crippen LogP contribution in [-0.4, -0.2) is 61.6 Å². The third-order valence-electron chi connectivity index (χ3n) is 5.17. The molecule has 1 atom stereocenters. The van der Waals surface area contributed by atoms with Crippen molar-refractivity contribution in [2.75, 3.05) is 43.9 Å². The second-order valence-electron chi connectivity index (χ2n) is 7.13. The van der Waals surface area contributed by atoms with Crippen LogP contribution in [0.1, 0.15) is 32.1 Å². The number of pyridine rings is 1. The Morgan fingerprint density at radius 2 is 2.12 bits per heavy atom. The average Bonchev–Trinajstić information content (AvgIpc) is 3.08. The highest BCUT2D eigenvalue weighted by molar-refractivity contribution is 5.90. The summed E-state index contributed by atoms with van der Waals surface area (Å²) in [5.74, 6) is 0.686. The van der Waals surface area contributed by atoms with Crippen molar-refractivity contribution in [1.82, 2.24) is 15.2 Å². The Balaban J connectivity index is 1.49. The first-order valence-electron chi connectivity index (χ1n) is 9.02. The van der Waals surface area contributed by atoms with E-state index < -0.39 is 0 Å². The topological polar surface area (TPSA) is 60.5 Å². The molecule has 1 aromatic heterocycles. The highest BCUT2D eigenvalue weighted by atomic mass is 16.1. The Hall–Kier alpha value is -1.66. The van der Waals surface area contributed by atoms with Gasteiger partial charge < -0.3 is 20.4 Å². The zero-order chi connectivity index (χ0) is 16.9. The molecule has 132 valence electrons. The smallest absolute Gasteiger partial charge is 0.227 e. The van der Waals surface area contributed by atoms with E-state index in [1.165, 1.54) is 12.8 Å². The summed E-state index contributed by atoms with van der Waals surface area (Å²) in [6.07, 6.45) is 7.01. The first-order chi connectivity index (χ1) is 11.6. The predicted octanol–water partition coefficient (Wildman–Crippen LogP) is 1.69. The molecule has 0 saturated carbocycles. The minimum atomic E-state index is 0.0430. The van der Waals surface area contributed by atoms with Crippen molar-refractivity contribution in [2.24, 2.45) is 0 Å². The van der Waals surface area contributed by atoms with Gasteiger partial charge in [-0.05, 0) is 58.5 Å².